The predicted molar refractivity (Wildman–Crippen MR) is 92.0 cm³/mol. The van der Waals surface area contributed by atoms with E-state index in [1.165, 1.54) is 0 Å². The Morgan fingerprint density at radius 1 is 1.22 bits per heavy atom. The first kappa shape index (κ1) is 16.7. The van der Waals surface area contributed by atoms with E-state index in [9.17, 15) is 4.79 Å². The molecular formula is C18H17ClN2O2. The molecule has 1 amide bonds. The van der Waals surface area contributed by atoms with Crippen molar-refractivity contribution in [3.63, 3.8) is 0 Å². The maximum Gasteiger partial charge on any atom is 0.407 e. The fraction of sp³-hybridized carbons (Fsp3) is 0.167. The third-order valence-corrected chi connectivity index (χ3v) is 3.10. The average Bonchev–Trinajstić information content (AvgIpc) is 2.53. The van der Waals surface area contributed by atoms with Crippen LogP contribution in [0.15, 0.2) is 48.5 Å². The van der Waals surface area contributed by atoms with E-state index < -0.39 is 6.09 Å². The number of carbonyl (C=O) groups excluding carboxylic acids is 1. The molecule has 0 radical (unpaired) electrons. The molecule has 0 fully saturated rings. The molecule has 0 aliphatic carbocycles. The Bertz CT molecular complexity index is 701. The molecule has 3 N–H and O–H groups in total. The number of hydrogen-bond acceptors (Lipinski definition) is 3. The van der Waals surface area contributed by atoms with Crippen molar-refractivity contribution >= 4 is 23.4 Å². The predicted octanol–water partition coefficient (Wildman–Crippen LogP) is 3.59. The molecule has 0 bridgehead atoms. The third kappa shape index (κ3) is 6.33. The van der Waals surface area contributed by atoms with Crippen molar-refractivity contribution in [2.75, 3.05) is 12.3 Å². The summed E-state index contributed by atoms with van der Waals surface area (Å²) in [5.74, 6) is 5.90. The van der Waals surface area contributed by atoms with Gasteiger partial charge in [0.1, 0.15) is 6.61 Å². The van der Waals surface area contributed by atoms with Crippen LogP contribution in [-0.2, 0) is 11.3 Å². The molecule has 0 atom stereocenters. The summed E-state index contributed by atoms with van der Waals surface area (Å²) in [6.45, 7) is 0.664. The van der Waals surface area contributed by atoms with Gasteiger partial charge in [-0.1, -0.05) is 53.8 Å². The largest absolute Gasteiger partial charge is 0.445 e. The molecule has 2 aromatic carbocycles. The second kappa shape index (κ2) is 8.72. The number of carbonyl (C=O) groups is 1. The Morgan fingerprint density at radius 3 is 2.74 bits per heavy atom. The minimum Gasteiger partial charge on any atom is -0.445 e. The number of alkyl carbamates (subject to hydrolysis) is 1. The van der Waals surface area contributed by atoms with Crippen LogP contribution in [0, 0.1) is 11.8 Å². The number of nitrogen functional groups attached to an aromatic ring is 1. The lowest BCUT2D eigenvalue weighted by Gasteiger charge is -2.05. The highest BCUT2D eigenvalue weighted by Crippen LogP contribution is 2.15. The summed E-state index contributed by atoms with van der Waals surface area (Å²) in [4.78, 5) is 11.5. The Kier molecular flexibility index (Phi) is 6.34. The van der Waals surface area contributed by atoms with Gasteiger partial charge in [0.05, 0.1) is 0 Å². The van der Waals surface area contributed by atoms with E-state index in [1.54, 1.807) is 18.2 Å². The summed E-state index contributed by atoms with van der Waals surface area (Å²) in [7, 11) is 0. The second-order valence-electron chi connectivity index (χ2n) is 4.81. The molecule has 0 spiro atoms. The van der Waals surface area contributed by atoms with Crippen molar-refractivity contribution in [2.24, 2.45) is 0 Å². The van der Waals surface area contributed by atoms with E-state index in [0.717, 1.165) is 11.1 Å². The highest BCUT2D eigenvalue weighted by Gasteiger charge is 2.00. The minimum atomic E-state index is -0.456. The van der Waals surface area contributed by atoms with E-state index >= 15 is 0 Å². The zero-order chi connectivity index (χ0) is 16.5. The van der Waals surface area contributed by atoms with E-state index in [1.807, 2.05) is 30.3 Å². The highest BCUT2D eigenvalue weighted by molar-refractivity contribution is 6.31. The van der Waals surface area contributed by atoms with Crippen molar-refractivity contribution in [1.29, 1.82) is 0 Å². The quantitative estimate of drug-likeness (QED) is 0.512. The van der Waals surface area contributed by atoms with Crippen LogP contribution in [0.4, 0.5) is 10.5 Å². The first-order chi connectivity index (χ1) is 11.1. The number of benzene rings is 2. The molecule has 0 heterocycles. The number of nitrogens with one attached hydrogen (secondary N) is 1. The highest BCUT2D eigenvalue weighted by atomic mass is 35.5. The number of halogens is 1. The molecule has 0 saturated carbocycles. The van der Waals surface area contributed by atoms with Gasteiger partial charge in [0, 0.05) is 29.2 Å². The molecule has 0 saturated heterocycles. The van der Waals surface area contributed by atoms with E-state index in [0.29, 0.717) is 23.7 Å². The van der Waals surface area contributed by atoms with Crippen LogP contribution in [-0.4, -0.2) is 12.6 Å². The molecule has 2 rings (SSSR count). The van der Waals surface area contributed by atoms with Crippen LogP contribution < -0.4 is 11.1 Å². The van der Waals surface area contributed by atoms with Gasteiger partial charge in [0.25, 0.3) is 0 Å². The van der Waals surface area contributed by atoms with Gasteiger partial charge in [0.2, 0.25) is 0 Å². The smallest absolute Gasteiger partial charge is 0.407 e. The van der Waals surface area contributed by atoms with Gasteiger partial charge in [-0.15, -0.1) is 0 Å². The Balaban J connectivity index is 1.69. The Labute approximate surface area is 140 Å². The third-order valence-electron chi connectivity index (χ3n) is 2.88. The molecule has 0 aliphatic rings. The Morgan fingerprint density at radius 2 is 2.00 bits per heavy atom. The van der Waals surface area contributed by atoms with E-state index in [-0.39, 0.29) is 6.61 Å². The molecule has 23 heavy (non-hydrogen) atoms. The molecule has 0 aromatic heterocycles. The van der Waals surface area contributed by atoms with Crippen LogP contribution in [0.25, 0.3) is 0 Å². The first-order valence-electron chi connectivity index (χ1n) is 7.13. The van der Waals surface area contributed by atoms with Gasteiger partial charge >= 0.3 is 6.09 Å². The van der Waals surface area contributed by atoms with Gasteiger partial charge < -0.3 is 15.8 Å². The fourth-order valence-corrected chi connectivity index (χ4v) is 2.09. The van der Waals surface area contributed by atoms with Crippen LogP contribution in [0.5, 0.6) is 0 Å². The van der Waals surface area contributed by atoms with Gasteiger partial charge in [0.15, 0.2) is 0 Å². The Hall–Kier alpha value is -2.64. The van der Waals surface area contributed by atoms with Crippen molar-refractivity contribution in [3.05, 3.63) is 64.7 Å². The van der Waals surface area contributed by atoms with Crippen LogP contribution in [0.2, 0.25) is 5.02 Å². The lowest BCUT2D eigenvalue weighted by Crippen LogP contribution is -2.24. The summed E-state index contributed by atoms with van der Waals surface area (Å²) in [6.07, 6.45) is 0.0509. The molecular weight excluding hydrogens is 312 g/mol. The van der Waals surface area contributed by atoms with Gasteiger partial charge in [-0.05, 0) is 23.8 Å². The van der Waals surface area contributed by atoms with Gasteiger partial charge in [-0.2, -0.15) is 0 Å². The second-order valence-corrected chi connectivity index (χ2v) is 5.25. The molecule has 0 unspecified atom stereocenters. The topological polar surface area (TPSA) is 64.3 Å². The molecule has 118 valence electrons. The van der Waals surface area contributed by atoms with E-state index in [2.05, 4.69) is 17.2 Å². The summed E-state index contributed by atoms with van der Waals surface area (Å²) in [5, 5.41) is 3.20. The summed E-state index contributed by atoms with van der Waals surface area (Å²) in [6, 6.07) is 14.7. The van der Waals surface area contributed by atoms with Gasteiger partial charge in [-0.25, -0.2) is 4.79 Å². The fourth-order valence-electron chi connectivity index (χ4n) is 1.85. The van der Waals surface area contributed by atoms with E-state index in [4.69, 9.17) is 22.1 Å². The van der Waals surface area contributed by atoms with Crippen LogP contribution >= 0.6 is 11.6 Å². The normalized spacial score (nSPS) is 9.61. The molecule has 2 aromatic rings. The average molecular weight is 329 g/mol. The zero-order valence-electron chi connectivity index (χ0n) is 12.5. The summed E-state index contributed by atoms with van der Waals surface area (Å²) < 4.78 is 5.09. The van der Waals surface area contributed by atoms with Crippen molar-refractivity contribution < 1.29 is 9.53 Å². The zero-order valence-corrected chi connectivity index (χ0v) is 13.3. The molecule has 5 heteroatoms. The van der Waals surface area contributed by atoms with Crippen molar-refractivity contribution in [2.45, 2.75) is 13.0 Å². The number of ether oxygens (including phenoxy) is 1. The maximum atomic E-state index is 11.5. The SMILES string of the molecule is Nc1cc(Cl)cc(C#CCCNC(=O)OCc2ccccc2)c1. The maximum absolute atomic E-state index is 11.5. The van der Waals surface area contributed by atoms with Crippen molar-refractivity contribution in [3.8, 4) is 11.8 Å². The number of nitrogens with two attached hydrogens (primary N) is 1. The standard InChI is InChI=1S/C18H17ClN2O2/c19-16-10-15(11-17(20)12-16)8-4-5-9-21-18(22)23-13-14-6-2-1-3-7-14/h1-3,6-7,10-12H,5,9,13,20H2,(H,21,22). The number of rotatable bonds is 4. The number of anilines is 1. The summed E-state index contributed by atoms with van der Waals surface area (Å²) >= 11 is 5.90. The minimum absolute atomic E-state index is 0.250. The van der Waals surface area contributed by atoms with Crippen LogP contribution in [0.3, 0.4) is 0 Å². The monoisotopic (exact) mass is 328 g/mol. The van der Waals surface area contributed by atoms with Crippen LogP contribution in [0.1, 0.15) is 17.5 Å². The lowest BCUT2D eigenvalue weighted by atomic mass is 10.2. The molecule has 0 aliphatic heterocycles. The van der Waals surface area contributed by atoms with Gasteiger partial charge in [-0.3, -0.25) is 0 Å². The lowest BCUT2D eigenvalue weighted by molar-refractivity contribution is 0.140. The summed E-state index contributed by atoms with van der Waals surface area (Å²) in [5.41, 5.74) is 7.96. The number of hydrogen-bond donors (Lipinski definition) is 2. The first-order valence-corrected chi connectivity index (χ1v) is 7.51. The number of amides is 1. The van der Waals surface area contributed by atoms with Crippen molar-refractivity contribution in [1.82, 2.24) is 5.32 Å². The molecule has 4 nitrogen and oxygen atoms in total.